The number of aryl methyl sites for hydroxylation is 2. The van der Waals surface area contributed by atoms with Crippen LogP contribution in [0.5, 0.6) is 5.75 Å². The first-order valence-corrected chi connectivity index (χ1v) is 6.47. The van der Waals surface area contributed by atoms with Gasteiger partial charge < -0.3 is 10.1 Å². The van der Waals surface area contributed by atoms with Crippen molar-refractivity contribution in [1.29, 1.82) is 0 Å². The molecule has 0 aliphatic carbocycles. The van der Waals surface area contributed by atoms with E-state index in [0.717, 1.165) is 17.1 Å². The molecule has 0 fully saturated rings. The van der Waals surface area contributed by atoms with Crippen LogP contribution in [0.2, 0.25) is 5.15 Å². The van der Waals surface area contributed by atoms with Crippen LogP contribution >= 0.6 is 11.6 Å². The van der Waals surface area contributed by atoms with Crippen molar-refractivity contribution in [3.8, 4) is 5.75 Å². The molecule has 0 radical (unpaired) electrons. The van der Waals surface area contributed by atoms with E-state index in [1.807, 2.05) is 44.2 Å². The number of rotatable bonds is 5. The summed E-state index contributed by atoms with van der Waals surface area (Å²) < 4.78 is 5.57. The molecule has 19 heavy (non-hydrogen) atoms. The maximum atomic E-state index is 6.02. The first-order valence-electron chi connectivity index (χ1n) is 6.09. The lowest BCUT2D eigenvalue weighted by atomic mass is 10.3. The average molecular weight is 278 g/mol. The standard InChI is InChI=1S/C14H16ClN3O/c1-10-11(2)18-14(13(15)17-10)16-8-9-19-12-6-4-3-5-7-12/h3-7H,8-9H2,1-2H3,(H,16,18). The molecule has 5 heteroatoms. The van der Waals surface area contributed by atoms with Gasteiger partial charge in [-0.1, -0.05) is 29.8 Å². The Bertz CT molecular complexity index is 546. The molecule has 0 atom stereocenters. The van der Waals surface area contributed by atoms with Crippen molar-refractivity contribution < 1.29 is 4.74 Å². The van der Waals surface area contributed by atoms with E-state index < -0.39 is 0 Å². The molecule has 4 nitrogen and oxygen atoms in total. The van der Waals surface area contributed by atoms with Gasteiger partial charge in [-0.3, -0.25) is 0 Å². The van der Waals surface area contributed by atoms with Crippen LogP contribution in [0.1, 0.15) is 11.4 Å². The van der Waals surface area contributed by atoms with Gasteiger partial charge in [-0.05, 0) is 26.0 Å². The lowest BCUT2D eigenvalue weighted by Gasteiger charge is -2.10. The molecule has 1 aromatic carbocycles. The van der Waals surface area contributed by atoms with Gasteiger partial charge in [0, 0.05) is 0 Å². The third kappa shape index (κ3) is 3.83. The second-order valence-corrected chi connectivity index (χ2v) is 4.48. The Morgan fingerprint density at radius 1 is 1.11 bits per heavy atom. The van der Waals surface area contributed by atoms with Gasteiger partial charge >= 0.3 is 0 Å². The monoisotopic (exact) mass is 277 g/mol. The van der Waals surface area contributed by atoms with E-state index in [1.165, 1.54) is 0 Å². The summed E-state index contributed by atoms with van der Waals surface area (Å²) in [4.78, 5) is 8.57. The molecule has 0 spiro atoms. The fourth-order valence-electron chi connectivity index (χ4n) is 1.54. The smallest absolute Gasteiger partial charge is 0.171 e. The zero-order valence-corrected chi connectivity index (χ0v) is 11.7. The number of nitrogens with one attached hydrogen (secondary N) is 1. The highest BCUT2D eigenvalue weighted by molar-refractivity contribution is 6.31. The van der Waals surface area contributed by atoms with E-state index in [2.05, 4.69) is 15.3 Å². The predicted molar refractivity (Wildman–Crippen MR) is 76.9 cm³/mol. The molecule has 1 heterocycles. The average Bonchev–Trinajstić information content (AvgIpc) is 2.41. The number of para-hydroxylation sites is 1. The lowest BCUT2D eigenvalue weighted by molar-refractivity contribution is 0.332. The van der Waals surface area contributed by atoms with Gasteiger partial charge in [0.25, 0.3) is 0 Å². The number of anilines is 1. The van der Waals surface area contributed by atoms with E-state index in [-0.39, 0.29) is 0 Å². The largest absolute Gasteiger partial charge is 0.492 e. The van der Waals surface area contributed by atoms with Crippen molar-refractivity contribution in [2.24, 2.45) is 0 Å². The van der Waals surface area contributed by atoms with Crippen LogP contribution in [0.3, 0.4) is 0 Å². The molecule has 0 aliphatic rings. The second kappa shape index (κ2) is 6.38. The van der Waals surface area contributed by atoms with Crippen molar-refractivity contribution in [2.75, 3.05) is 18.5 Å². The molecule has 0 aliphatic heterocycles. The Morgan fingerprint density at radius 3 is 2.53 bits per heavy atom. The van der Waals surface area contributed by atoms with E-state index in [4.69, 9.17) is 16.3 Å². The van der Waals surface area contributed by atoms with Gasteiger partial charge in [-0.15, -0.1) is 0 Å². The summed E-state index contributed by atoms with van der Waals surface area (Å²) in [5.74, 6) is 1.45. The first-order chi connectivity index (χ1) is 9.16. The van der Waals surface area contributed by atoms with Crippen LogP contribution in [-0.4, -0.2) is 23.1 Å². The minimum Gasteiger partial charge on any atom is -0.492 e. The van der Waals surface area contributed by atoms with Gasteiger partial charge in [0.15, 0.2) is 11.0 Å². The molecule has 2 aromatic rings. The normalized spacial score (nSPS) is 10.3. The third-order valence-corrected chi connectivity index (χ3v) is 2.93. The number of halogens is 1. The lowest BCUT2D eigenvalue weighted by Crippen LogP contribution is -2.13. The highest BCUT2D eigenvalue weighted by Crippen LogP contribution is 2.18. The van der Waals surface area contributed by atoms with Crippen LogP contribution in [0.4, 0.5) is 5.82 Å². The van der Waals surface area contributed by atoms with Crippen molar-refractivity contribution in [2.45, 2.75) is 13.8 Å². The number of ether oxygens (including phenoxy) is 1. The predicted octanol–water partition coefficient (Wildman–Crippen LogP) is 3.24. The topological polar surface area (TPSA) is 47.0 Å². The Kier molecular flexibility index (Phi) is 4.58. The van der Waals surface area contributed by atoms with Crippen molar-refractivity contribution in [3.63, 3.8) is 0 Å². The first kappa shape index (κ1) is 13.6. The number of benzene rings is 1. The molecule has 100 valence electrons. The van der Waals surface area contributed by atoms with Gasteiger partial charge in [0.2, 0.25) is 0 Å². The summed E-state index contributed by atoms with van der Waals surface area (Å²) in [6, 6.07) is 9.67. The molecule has 0 unspecified atom stereocenters. The van der Waals surface area contributed by atoms with Gasteiger partial charge in [0.05, 0.1) is 17.9 Å². The van der Waals surface area contributed by atoms with Gasteiger partial charge in [0.1, 0.15) is 12.4 Å². The fraction of sp³-hybridized carbons (Fsp3) is 0.286. The van der Waals surface area contributed by atoms with Crippen molar-refractivity contribution in [3.05, 3.63) is 46.9 Å². The highest BCUT2D eigenvalue weighted by Gasteiger charge is 2.06. The molecule has 1 aromatic heterocycles. The van der Waals surface area contributed by atoms with Crippen LogP contribution in [0.15, 0.2) is 30.3 Å². The maximum Gasteiger partial charge on any atom is 0.171 e. The zero-order chi connectivity index (χ0) is 13.7. The van der Waals surface area contributed by atoms with Crippen LogP contribution < -0.4 is 10.1 Å². The van der Waals surface area contributed by atoms with Crippen LogP contribution in [0.25, 0.3) is 0 Å². The number of hydrogen-bond acceptors (Lipinski definition) is 4. The van der Waals surface area contributed by atoms with Gasteiger partial charge in [-0.25, -0.2) is 9.97 Å². The molecule has 0 bridgehead atoms. The summed E-state index contributed by atoms with van der Waals surface area (Å²) in [7, 11) is 0. The zero-order valence-electron chi connectivity index (χ0n) is 11.0. The molecule has 0 saturated heterocycles. The molecule has 1 N–H and O–H groups in total. The quantitative estimate of drug-likeness (QED) is 0.853. The van der Waals surface area contributed by atoms with E-state index >= 15 is 0 Å². The highest BCUT2D eigenvalue weighted by atomic mass is 35.5. The van der Waals surface area contributed by atoms with E-state index in [9.17, 15) is 0 Å². The Labute approximate surface area is 117 Å². The SMILES string of the molecule is Cc1nc(Cl)c(NCCOc2ccccc2)nc1C. The summed E-state index contributed by atoms with van der Waals surface area (Å²) >= 11 is 6.02. The fourth-order valence-corrected chi connectivity index (χ4v) is 1.78. The molecule has 2 rings (SSSR count). The summed E-state index contributed by atoms with van der Waals surface area (Å²) in [5.41, 5.74) is 1.71. The molecule has 0 saturated carbocycles. The summed E-state index contributed by atoms with van der Waals surface area (Å²) in [6.07, 6.45) is 0. The minimum atomic E-state index is 0.391. The van der Waals surface area contributed by atoms with E-state index in [1.54, 1.807) is 0 Å². The molecular weight excluding hydrogens is 262 g/mol. The van der Waals surface area contributed by atoms with Crippen molar-refractivity contribution in [1.82, 2.24) is 9.97 Å². The van der Waals surface area contributed by atoms with Crippen LogP contribution in [-0.2, 0) is 0 Å². The Balaban J connectivity index is 1.85. The van der Waals surface area contributed by atoms with Crippen LogP contribution in [0, 0.1) is 13.8 Å². The number of hydrogen-bond donors (Lipinski definition) is 1. The Hall–Kier alpha value is -1.81. The second-order valence-electron chi connectivity index (χ2n) is 4.12. The summed E-state index contributed by atoms with van der Waals surface area (Å²) in [6.45, 7) is 4.95. The number of aromatic nitrogens is 2. The summed E-state index contributed by atoms with van der Waals surface area (Å²) in [5, 5.41) is 3.51. The van der Waals surface area contributed by atoms with Crippen molar-refractivity contribution >= 4 is 17.4 Å². The van der Waals surface area contributed by atoms with Gasteiger partial charge in [-0.2, -0.15) is 0 Å². The Morgan fingerprint density at radius 2 is 1.79 bits per heavy atom. The molecular formula is C14H16ClN3O. The number of nitrogens with zero attached hydrogens (tertiary/aromatic N) is 2. The molecule has 0 amide bonds. The third-order valence-electron chi connectivity index (χ3n) is 2.67. The minimum absolute atomic E-state index is 0.391. The van der Waals surface area contributed by atoms with E-state index in [0.29, 0.717) is 24.1 Å². The maximum absolute atomic E-state index is 6.02.